The molecule has 6 aliphatic carbocycles. The molecule has 4 nitrogen and oxygen atoms in total. The van der Waals surface area contributed by atoms with Crippen molar-refractivity contribution in [3.8, 4) is 0 Å². The van der Waals surface area contributed by atoms with Gasteiger partial charge in [0.1, 0.15) is 5.76 Å². The Hall–Kier alpha value is -4.10. The van der Waals surface area contributed by atoms with Gasteiger partial charge in [0.2, 0.25) is 0 Å². The van der Waals surface area contributed by atoms with E-state index in [1.54, 1.807) is 0 Å². The Kier molecular flexibility index (Phi) is 17.3. The number of benzene rings is 6. The van der Waals surface area contributed by atoms with E-state index in [0.29, 0.717) is 66.6 Å². The second kappa shape index (κ2) is 23.9. The molecule has 0 radical (unpaired) electrons. The average molecular weight is 1270 g/mol. The van der Waals surface area contributed by atoms with Crippen molar-refractivity contribution in [3.63, 3.8) is 0 Å². The quantitative estimate of drug-likeness (QED) is 0.0743. The van der Waals surface area contributed by atoms with Crippen LogP contribution in [0.2, 0.25) is 0 Å². The molecule has 75 heavy (non-hydrogen) atoms. The van der Waals surface area contributed by atoms with Gasteiger partial charge < -0.3 is 10.2 Å². The summed E-state index contributed by atoms with van der Waals surface area (Å²) in [7, 11) is 16.4. The second-order valence-corrected chi connectivity index (χ2v) is 50.5. The van der Waals surface area contributed by atoms with Crippen LogP contribution in [0.1, 0.15) is 153 Å². The van der Waals surface area contributed by atoms with Crippen molar-refractivity contribution in [2.24, 2.45) is 11.8 Å². The van der Waals surface area contributed by atoms with Gasteiger partial charge in [-0.05, 0) is 104 Å². The van der Waals surface area contributed by atoms with Crippen LogP contribution in [0, 0.1) is 25.7 Å². The Morgan fingerprint density at radius 2 is 0.867 bits per heavy atom. The maximum absolute atomic E-state index is 12.9. The minimum absolute atomic E-state index is 0.0593. The predicted octanol–water partition coefficient (Wildman–Crippen LogP) is 16.4. The van der Waals surface area contributed by atoms with Crippen molar-refractivity contribution < 1.29 is 19.8 Å². The van der Waals surface area contributed by atoms with E-state index in [2.05, 4.69) is 141 Å². The van der Waals surface area contributed by atoms with Crippen LogP contribution in [0.15, 0.2) is 173 Å². The normalized spacial score (nSPS) is 20.2. The number of aliphatic hydroxyl groups is 2. The molecule has 0 aromatic heterocycles. The van der Waals surface area contributed by atoms with Crippen LogP contribution in [0.4, 0.5) is 0 Å². The number of carbonyl (C=O) groups excluding carboxylic acids is 2. The van der Waals surface area contributed by atoms with Crippen LogP contribution in [0.5, 0.6) is 0 Å². The molecule has 12 rings (SSSR count). The number of rotatable bonds is 16. The van der Waals surface area contributed by atoms with E-state index in [0.717, 1.165) is 29.9 Å². The van der Waals surface area contributed by atoms with Crippen molar-refractivity contribution in [3.05, 3.63) is 202 Å². The van der Waals surface area contributed by atoms with E-state index >= 15 is 0 Å². The van der Waals surface area contributed by atoms with Crippen molar-refractivity contribution in [2.45, 2.75) is 137 Å². The van der Waals surface area contributed by atoms with Gasteiger partial charge in [-0.15, -0.1) is 23.5 Å². The Balaban J connectivity index is 0.000000133. The predicted molar refractivity (Wildman–Crippen MR) is 319 cm³/mol. The van der Waals surface area contributed by atoms with Gasteiger partial charge in [0.15, 0.2) is 11.6 Å². The van der Waals surface area contributed by atoms with Gasteiger partial charge in [-0.2, -0.15) is 0 Å². The summed E-state index contributed by atoms with van der Waals surface area (Å²) in [6, 6.07) is 51.8. The molecule has 0 saturated heterocycles. The van der Waals surface area contributed by atoms with E-state index in [1.165, 1.54) is 110 Å². The number of hydrogen-bond acceptors (Lipinski definition) is 6. The van der Waals surface area contributed by atoms with Crippen LogP contribution in [0.3, 0.4) is 0 Å². The minimum atomic E-state index is -4.93. The number of hydrogen-bond donors (Lipinski definition) is 2. The third-order valence-electron chi connectivity index (χ3n) is 15.8. The maximum atomic E-state index is 12.9. The Labute approximate surface area is 462 Å². The molecule has 390 valence electrons. The van der Waals surface area contributed by atoms with Gasteiger partial charge in [0.05, 0.1) is 11.3 Å². The molecule has 0 aliphatic heterocycles. The first kappa shape index (κ1) is 54.3. The average Bonchev–Trinajstić information content (AvgIpc) is 4.20. The standard InChI is InChI=1S/C24H26O2S.C15H18O2S.3C9H9.Bi.2ClH/c1-16-6-10-19(11-7-16)27-13-12-17-14-22(25)24(23(26)15-17)21-5-3-2-4-20(21)18-8-9-18;1-11-2-4-15(5-3-11)18-7-6-12-8-13(16)10-14(17)9-12;3*1-2-4-8(5-3-1)9-6-7-9;;;/h2-7,10-11,17-18,25H,8-9,12-15H2,1H3;2-5,10,12,16H,6-9H2,1H3;3*1-4,9H,6-7H2;;2*1H/q;;;;;+2;;/p-2. The fourth-order valence-corrected chi connectivity index (χ4v) is 36.7. The molecule has 0 spiro atoms. The molecule has 4 fully saturated rings. The fraction of sp³-hybridized carbons (Fsp3) is 0.364. The zero-order chi connectivity index (χ0) is 52.1. The molecular formula is C66H71BiCl2O4S2. The van der Waals surface area contributed by atoms with Gasteiger partial charge >= 0.3 is 189 Å². The number of allylic oxidation sites excluding steroid dienone is 4. The number of aliphatic hydroxyl groups excluding tert-OH is 2. The molecule has 0 amide bonds. The summed E-state index contributed by atoms with van der Waals surface area (Å²) in [6.45, 7) is 4.17. The monoisotopic (exact) mass is 1270 g/mol. The molecule has 6 aromatic carbocycles. The molecule has 4 saturated carbocycles. The van der Waals surface area contributed by atoms with E-state index in [9.17, 15) is 19.8 Å². The Bertz CT molecular complexity index is 2930. The van der Waals surface area contributed by atoms with Gasteiger partial charge in [-0.3, -0.25) is 9.59 Å². The number of thioether (sulfide) groups is 2. The fourth-order valence-electron chi connectivity index (χ4n) is 11.2. The van der Waals surface area contributed by atoms with Crippen LogP contribution < -0.4 is 9.81 Å². The summed E-state index contributed by atoms with van der Waals surface area (Å²) in [4.78, 5) is 26.7. The molecular weight excluding hydrogens is 1200 g/mol. The summed E-state index contributed by atoms with van der Waals surface area (Å²) in [5.41, 5.74) is 9.55. The first-order valence-electron chi connectivity index (χ1n) is 27.4. The van der Waals surface area contributed by atoms with Crippen molar-refractivity contribution in [1.82, 2.24) is 0 Å². The number of Topliss-reactive ketones (excluding diaryl/α,β-unsaturated/α-hetero) is 1. The van der Waals surface area contributed by atoms with E-state index in [4.69, 9.17) is 17.0 Å². The first-order valence-corrected chi connectivity index (χ1v) is 43.2. The molecule has 2 unspecified atom stereocenters. The molecule has 9 heteroatoms. The zero-order valence-electron chi connectivity index (χ0n) is 43.4. The third-order valence-corrected chi connectivity index (χ3v) is 42.1. The first-order chi connectivity index (χ1) is 36.3. The van der Waals surface area contributed by atoms with Crippen molar-refractivity contribution in [2.75, 3.05) is 11.5 Å². The summed E-state index contributed by atoms with van der Waals surface area (Å²) < 4.78 is 3.82. The molecule has 2 N–H and O–H groups in total. The van der Waals surface area contributed by atoms with Crippen LogP contribution in [-0.2, 0) is 9.59 Å². The Morgan fingerprint density at radius 1 is 0.480 bits per heavy atom. The molecule has 6 aromatic rings. The van der Waals surface area contributed by atoms with Crippen molar-refractivity contribution >= 4 is 83.9 Å². The molecule has 0 bridgehead atoms. The summed E-state index contributed by atoms with van der Waals surface area (Å²) in [6.07, 6.45) is 15.6. The number of aryl methyl sites for hydroxylation is 2. The molecule has 2 atom stereocenters. The number of carbonyl (C=O) groups is 2. The number of halogens is 2. The topological polar surface area (TPSA) is 74.6 Å². The van der Waals surface area contributed by atoms with Gasteiger partial charge in [0.25, 0.3) is 0 Å². The van der Waals surface area contributed by atoms with Crippen molar-refractivity contribution in [1.29, 1.82) is 0 Å². The van der Waals surface area contributed by atoms with Gasteiger partial charge in [-0.25, -0.2) is 0 Å². The molecule has 0 heterocycles. The second-order valence-electron chi connectivity index (χ2n) is 22.1. The zero-order valence-corrected chi connectivity index (χ0v) is 50.1. The SMILES string of the molecule is Cc1ccc(SCCC2CC(=O)C(c3ccccc3C3CC3)=C(O)C2)cc1.Cc1ccc(SCCC2CC(=O)C=C(O)C2)cc1.[Cl][Bi]([Cl])([c]1ccccc1C1CC1)([c]1ccccc1C1CC1)[c]1ccccc1C1CC1. The number of ketones is 2. The Morgan fingerprint density at radius 3 is 1.28 bits per heavy atom. The summed E-state index contributed by atoms with van der Waals surface area (Å²) in [5, 5.41) is 20.1. The summed E-state index contributed by atoms with van der Waals surface area (Å²) >= 11 is -1.29. The van der Waals surface area contributed by atoms with E-state index < -0.39 is 16.4 Å². The van der Waals surface area contributed by atoms with Crippen LogP contribution >= 0.6 is 40.5 Å². The van der Waals surface area contributed by atoms with Crippen LogP contribution in [0.25, 0.3) is 5.57 Å². The van der Waals surface area contributed by atoms with E-state index in [-0.39, 0.29) is 23.2 Å². The van der Waals surface area contributed by atoms with Gasteiger partial charge in [-0.1, -0.05) is 59.7 Å². The third kappa shape index (κ3) is 13.3. The van der Waals surface area contributed by atoms with E-state index in [1.807, 2.05) is 41.7 Å². The molecule has 6 aliphatic rings. The van der Waals surface area contributed by atoms with Crippen LogP contribution in [-0.4, -0.2) is 49.7 Å². The summed E-state index contributed by atoms with van der Waals surface area (Å²) in [5.74, 6) is 5.65. The van der Waals surface area contributed by atoms with Gasteiger partial charge in [0, 0.05) is 41.6 Å².